The molecule has 0 amide bonds. The van der Waals surface area contributed by atoms with Gasteiger partial charge >= 0.3 is 0 Å². The van der Waals surface area contributed by atoms with Crippen molar-refractivity contribution in [2.45, 2.75) is 25.3 Å². The molecule has 0 bridgehead atoms. The highest BCUT2D eigenvalue weighted by molar-refractivity contribution is 9.10. The first-order valence-electron chi connectivity index (χ1n) is 5.33. The van der Waals surface area contributed by atoms with Crippen molar-refractivity contribution < 1.29 is 4.42 Å². The first-order valence-corrected chi connectivity index (χ1v) is 7.28. The van der Waals surface area contributed by atoms with Crippen LogP contribution in [0.15, 0.2) is 21.2 Å². The fraction of sp³-hybridized carbons (Fsp3) is 0.636. The monoisotopic (exact) mass is 289 g/mol. The van der Waals surface area contributed by atoms with Crippen LogP contribution in [0.5, 0.6) is 0 Å². The van der Waals surface area contributed by atoms with Crippen LogP contribution in [-0.2, 0) is 0 Å². The fourth-order valence-electron chi connectivity index (χ4n) is 2.02. The SMILES string of the molecule is NC(CC1CCSCC1)c1occc1Br. The predicted octanol–water partition coefficient (Wildman–Crippen LogP) is 3.58. The lowest BCUT2D eigenvalue weighted by Crippen LogP contribution is -2.18. The summed E-state index contributed by atoms with van der Waals surface area (Å²) < 4.78 is 6.39. The maximum absolute atomic E-state index is 6.14. The van der Waals surface area contributed by atoms with Crippen LogP contribution >= 0.6 is 27.7 Å². The average molecular weight is 290 g/mol. The maximum Gasteiger partial charge on any atom is 0.134 e. The summed E-state index contributed by atoms with van der Waals surface area (Å²) in [5.74, 6) is 4.25. The van der Waals surface area contributed by atoms with Crippen molar-refractivity contribution in [2.75, 3.05) is 11.5 Å². The fourth-order valence-corrected chi connectivity index (χ4v) is 3.72. The minimum atomic E-state index is 0.0440. The third kappa shape index (κ3) is 3.02. The minimum Gasteiger partial charge on any atom is -0.466 e. The molecule has 2 nitrogen and oxygen atoms in total. The number of hydrogen-bond donors (Lipinski definition) is 1. The molecule has 2 heterocycles. The summed E-state index contributed by atoms with van der Waals surface area (Å²) in [6.45, 7) is 0. The number of halogens is 1. The lowest BCUT2D eigenvalue weighted by molar-refractivity contribution is 0.369. The van der Waals surface area contributed by atoms with Gasteiger partial charge in [-0.05, 0) is 58.7 Å². The molecule has 1 fully saturated rings. The van der Waals surface area contributed by atoms with E-state index in [2.05, 4.69) is 27.7 Å². The lowest BCUT2D eigenvalue weighted by atomic mass is 9.94. The molecule has 1 aliphatic heterocycles. The molecular weight excluding hydrogens is 274 g/mol. The van der Waals surface area contributed by atoms with Gasteiger partial charge in [0, 0.05) is 0 Å². The Kier molecular flexibility index (Phi) is 4.17. The second kappa shape index (κ2) is 5.41. The van der Waals surface area contributed by atoms with Gasteiger partial charge in [-0.25, -0.2) is 0 Å². The van der Waals surface area contributed by atoms with Crippen molar-refractivity contribution in [1.82, 2.24) is 0 Å². The highest BCUT2D eigenvalue weighted by atomic mass is 79.9. The minimum absolute atomic E-state index is 0.0440. The molecule has 1 aromatic heterocycles. The zero-order valence-electron chi connectivity index (χ0n) is 8.62. The Morgan fingerprint density at radius 3 is 2.87 bits per heavy atom. The molecule has 84 valence electrons. The van der Waals surface area contributed by atoms with Crippen LogP contribution in [0.4, 0.5) is 0 Å². The summed E-state index contributed by atoms with van der Waals surface area (Å²) in [6.07, 6.45) is 5.34. The topological polar surface area (TPSA) is 39.2 Å². The van der Waals surface area contributed by atoms with Crippen molar-refractivity contribution in [2.24, 2.45) is 11.7 Å². The van der Waals surface area contributed by atoms with Crippen molar-refractivity contribution in [3.05, 3.63) is 22.6 Å². The Morgan fingerprint density at radius 2 is 2.27 bits per heavy atom. The van der Waals surface area contributed by atoms with E-state index < -0.39 is 0 Å². The summed E-state index contributed by atoms with van der Waals surface area (Å²) in [5.41, 5.74) is 6.14. The van der Waals surface area contributed by atoms with E-state index in [-0.39, 0.29) is 6.04 Å². The number of nitrogens with two attached hydrogens (primary N) is 1. The van der Waals surface area contributed by atoms with Crippen molar-refractivity contribution in [3.8, 4) is 0 Å². The van der Waals surface area contributed by atoms with Crippen LogP contribution in [0.25, 0.3) is 0 Å². The van der Waals surface area contributed by atoms with E-state index in [1.807, 2.05) is 6.07 Å². The summed E-state index contributed by atoms with van der Waals surface area (Å²) in [6, 6.07) is 1.95. The van der Waals surface area contributed by atoms with Crippen molar-refractivity contribution in [3.63, 3.8) is 0 Å². The van der Waals surface area contributed by atoms with Gasteiger partial charge < -0.3 is 10.2 Å². The summed E-state index contributed by atoms with van der Waals surface area (Å²) in [4.78, 5) is 0. The van der Waals surface area contributed by atoms with E-state index in [4.69, 9.17) is 10.2 Å². The molecule has 2 rings (SSSR count). The summed E-state index contributed by atoms with van der Waals surface area (Å²) in [7, 11) is 0. The van der Waals surface area contributed by atoms with Gasteiger partial charge in [0.2, 0.25) is 0 Å². The molecule has 0 radical (unpaired) electrons. The molecule has 0 saturated carbocycles. The van der Waals surface area contributed by atoms with Crippen LogP contribution < -0.4 is 5.73 Å². The van der Waals surface area contributed by atoms with E-state index in [1.165, 1.54) is 24.3 Å². The van der Waals surface area contributed by atoms with E-state index in [0.717, 1.165) is 22.6 Å². The molecule has 0 aliphatic carbocycles. The zero-order valence-corrected chi connectivity index (χ0v) is 11.0. The third-order valence-corrected chi connectivity index (χ3v) is 4.61. The van der Waals surface area contributed by atoms with Gasteiger partial charge in [0.15, 0.2) is 0 Å². The Hall–Kier alpha value is 0.0700. The van der Waals surface area contributed by atoms with Crippen LogP contribution in [-0.4, -0.2) is 11.5 Å². The Labute approximate surface area is 103 Å². The summed E-state index contributed by atoms with van der Waals surface area (Å²) >= 11 is 5.51. The molecule has 1 atom stereocenters. The van der Waals surface area contributed by atoms with Crippen LogP contribution in [0.2, 0.25) is 0 Å². The summed E-state index contributed by atoms with van der Waals surface area (Å²) in [5, 5.41) is 0. The van der Waals surface area contributed by atoms with Gasteiger partial charge in [-0.3, -0.25) is 0 Å². The quantitative estimate of drug-likeness (QED) is 0.925. The van der Waals surface area contributed by atoms with Gasteiger partial charge in [0.1, 0.15) is 5.76 Å². The van der Waals surface area contributed by atoms with Gasteiger partial charge in [-0.2, -0.15) is 11.8 Å². The van der Waals surface area contributed by atoms with E-state index in [9.17, 15) is 0 Å². The molecule has 1 saturated heterocycles. The Bertz CT molecular complexity index is 309. The normalized spacial score (nSPS) is 20.4. The second-order valence-electron chi connectivity index (χ2n) is 4.03. The smallest absolute Gasteiger partial charge is 0.134 e. The van der Waals surface area contributed by atoms with Gasteiger partial charge in [-0.1, -0.05) is 0 Å². The zero-order chi connectivity index (χ0) is 10.7. The second-order valence-corrected chi connectivity index (χ2v) is 6.11. The lowest BCUT2D eigenvalue weighted by Gasteiger charge is -2.23. The predicted molar refractivity (Wildman–Crippen MR) is 68.0 cm³/mol. The molecule has 0 aromatic carbocycles. The largest absolute Gasteiger partial charge is 0.466 e. The first-order chi connectivity index (χ1) is 7.27. The van der Waals surface area contributed by atoms with Gasteiger partial charge in [0.25, 0.3) is 0 Å². The molecule has 4 heteroatoms. The van der Waals surface area contributed by atoms with E-state index >= 15 is 0 Å². The van der Waals surface area contributed by atoms with Crippen molar-refractivity contribution in [1.29, 1.82) is 0 Å². The standard InChI is InChI=1S/C11H16BrNOS/c12-9-1-4-14-11(9)10(13)7-8-2-5-15-6-3-8/h1,4,8,10H,2-3,5-7,13H2. The van der Waals surface area contributed by atoms with Crippen LogP contribution in [0, 0.1) is 5.92 Å². The molecule has 1 aromatic rings. The number of furan rings is 1. The molecular formula is C11H16BrNOS. The van der Waals surface area contributed by atoms with Gasteiger partial charge in [-0.15, -0.1) is 0 Å². The number of rotatable bonds is 3. The maximum atomic E-state index is 6.14. The number of hydrogen-bond acceptors (Lipinski definition) is 3. The third-order valence-electron chi connectivity index (χ3n) is 2.91. The Morgan fingerprint density at radius 1 is 1.53 bits per heavy atom. The van der Waals surface area contributed by atoms with Crippen molar-refractivity contribution >= 4 is 27.7 Å². The Balaban J connectivity index is 1.91. The number of thioether (sulfide) groups is 1. The molecule has 2 N–H and O–H groups in total. The highest BCUT2D eigenvalue weighted by Crippen LogP contribution is 2.32. The van der Waals surface area contributed by atoms with Crippen LogP contribution in [0.3, 0.4) is 0 Å². The molecule has 15 heavy (non-hydrogen) atoms. The average Bonchev–Trinajstić information content (AvgIpc) is 2.66. The highest BCUT2D eigenvalue weighted by Gasteiger charge is 2.20. The van der Waals surface area contributed by atoms with E-state index in [1.54, 1.807) is 6.26 Å². The van der Waals surface area contributed by atoms with E-state index in [0.29, 0.717) is 0 Å². The molecule has 1 unspecified atom stereocenters. The molecule has 0 spiro atoms. The first kappa shape index (κ1) is 11.6. The molecule has 1 aliphatic rings. The van der Waals surface area contributed by atoms with Gasteiger partial charge in [0.05, 0.1) is 16.8 Å². The van der Waals surface area contributed by atoms with Crippen LogP contribution in [0.1, 0.15) is 31.1 Å².